The number of ether oxygens (including phenoxy) is 1. The standard InChI is InChI=1S/C15H21N3OS/c1-9-5-6-14(19-4)12(7-9)8-13(18-16)15-10(2)17-11(3)20-15/h5-7,13,18H,8,16H2,1-4H3. The molecular formula is C15H21N3OS. The van der Waals surface area contributed by atoms with Crippen molar-refractivity contribution in [1.29, 1.82) is 0 Å². The van der Waals surface area contributed by atoms with E-state index in [2.05, 4.69) is 29.5 Å². The van der Waals surface area contributed by atoms with E-state index in [1.807, 2.05) is 19.9 Å². The second-order valence-corrected chi connectivity index (χ2v) is 6.16. The van der Waals surface area contributed by atoms with Crippen molar-refractivity contribution >= 4 is 11.3 Å². The van der Waals surface area contributed by atoms with Crippen LogP contribution in [0.25, 0.3) is 0 Å². The third kappa shape index (κ3) is 3.17. The highest BCUT2D eigenvalue weighted by Crippen LogP contribution is 2.30. The number of aryl methyl sites for hydroxylation is 3. The molecule has 0 aliphatic heterocycles. The summed E-state index contributed by atoms with van der Waals surface area (Å²) in [7, 11) is 1.70. The van der Waals surface area contributed by atoms with E-state index in [1.54, 1.807) is 18.4 Å². The minimum absolute atomic E-state index is 0.0527. The monoisotopic (exact) mass is 291 g/mol. The number of hydrazine groups is 1. The molecule has 0 amide bonds. The van der Waals surface area contributed by atoms with Gasteiger partial charge in [0.05, 0.1) is 23.9 Å². The average Bonchev–Trinajstić information content (AvgIpc) is 2.75. The van der Waals surface area contributed by atoms with Crippen molar-refractivity contribution in [3.63, 3.8) is 0 Å². The summed E-state index contributed by atoms with van der Waals surface area (Å²) in [5.41, 5.74) is 6.32. The van der Waals surface area contributed by atoms with Gasteiger partial charge in [0.25, 0.3) is 0 Å². The molecule has 0 spiro atoms. The molecule has 0 fully saturated rings. The zero-order valence-electron chi connectivity index (χ0n) is 12.4. The Kier molecular flexibility index (Phi) is 4.75. The van der Waals surface area contributed by atoms with Crippen molar-refractivity contribution < 1.29 is 4.74 Å². The van der Waals surface area contributed by atoms with Gasteiger partial charge in [-0.1, -0.05) is 17.7 Å². The minimum Gasteiger partial charge on any atom is -0.496 e. The Morgan fingerprint density at radius 2 is 2.10 bits per heavy atom. The number of nitrogens with two attached hydrogens (primary N) is 1. The van der Waals surface area contributed by atoms with Crippen LogP contribution in [-0.4, -0.2) is 12.1 Å². The zero-order chi connectivity index (χ0) is 14.7. The molecule has 1 unspecified atom stereocenters. The van der Waals surface area contributed by atoms with Crippen LogP contribution in [0.15, 0.2) is 18.2 Å². The molecule has 0 bridgehead atoms. The number of rotatable bonds is 5. The summed E-state index contributed by atoms with van der Waals surface area (Å²) in [5.74, 6) is 6.65. The zero-order valence-corrected chi connectivity index (χ0v) is 13.2. The van der Waals surface area contributed by atoms with Gasteiger partial charge in [-0.15, -0.1) is 11.3 Å². The number of benzene rings is 1. The second-order valence-electron chi connectivity index (χ2n) is 4.92. The minimum atomic E-state index is 0.0527. The molecule has 108 valence electrons. The molecule has 0 saturated carbocycles. The van der Waals surface area contributed by atoms with Crippen LogP contribution in [0, 0.1) is 20.8 Å². The third-order valence-corrected chi connectivity index (χ3v) is 4.50. The van der Waals surface area contributed by atoms with Crippen molar-refractivity contribution in [2.24, 2.45) is 5.84 Å². The maximum atomic E-state index is 5.75. The number of thiazole rings is 1. The second kappa shape index (κ2) is 6.35. The Bertz CT molecular complexity index is 595. The van der Waals surface area contributed by atoms with E-state index >= 15 is 0 Å². The van der Waals surface area contributed by atoms with Gasteiger partial charge >= 0.3 is 0 Å². The lowest BCUT2D eigenvalue weighted by Crippen LogP contribution is -2.29. The predicted octanol–water partition coefficient (Wildman–Crippen LogP) is 2.82. The lowest BCUT2D eigenvalue weighted by Gasteiger charge is -2.17. The van der Waals surface area contributed by atoms with E-state index in [-0.39, 0.29) is 6.04 Å². The van der Waals surface area contributed by atoms with Crippen molar-refractivity contribution in [2.75, 3.05) is 7.11 Å². The van der Waals surface area contributed by atoms with Crippen molar-refractivity contribution in [1.82, 2.24) is 10.4 Å². The quantitative estimate of drug-likeness (QED) is 0.657. The summed E-state index contributed by atoms with van der Waals surface area (Å²) in [6, 6.07) is 6.25. The third-order valence-electron chi connectivity index (χ3n) is 3.32. The SMILES string of the molecule is COc1ccc(C)cc1CC(NN)c1sc(C)nc1C. The van der Waals surface area contributed by atoms with Gasteiger partial charge in [0.1, 0.15) is 5.75 Å². The molecule has 1 heterocycles. The molecule has 0 aliphatic rings. The normalized spacial score (nSPS) is 12.4. The number of nitrogens with one attached hydrogen (secondary N) is 1. The number of hydrogen-bond donors (Lipinski definition) is 2. The average molecular weight is 291 g/mol. The van der Waals surface area contributed by atoms with E-state index in [4.69, 9.17) is 10.6 Å². The Labute approximate surface area is 124 Å². The van der Waals surface area contributed by atoms with Gasteiger partial charge in [-0.25, -0.2) is 4.98 Å². The molecule has 20 heavy (non-hydrogen) atoms. The first-order chi connectivity index (χ1) is 9.55. The molecule has 4 nitrogen and oxygen atoms in total. The number of nitrogens with zero attached hydrogens (tertiary/aromatic N) is 1. The van der Waals surface area contributed by atoms with Crippen LogP contribution in [-0.2, 0) is 6.42 Å². The van der Waals surface area contributed by atoms with Crippen LogP contribution in [0.4, 0.5) is 0 Å². The number of methoxy groups -OCH3 is 1. The first-order valence-electron chi connectivity index (χ1n) is 6.58. The fourth-order valence-electron chi connectivity index (χ4n) is 2.38. The fourth-order valence-corrected chi connectivity index (χ4v) is 3.37. The molecule has 0 aliphatic carbocycles. The van der Waals surface area contributed by atoms with Crippen molar-refractivity contribution in [3.05, 3.63) is 44.9 Å². The van der Waals surface area contributed by atoms with Gasteiger partial charge < -0.3 is 4.74 Å². The summed E-state index contributed by atoms with van der Waals surface area (Å²) in [6.07, 6.45) is 0.782. The van der Waals surface area contributed by atoms with Gasteiger partial charge in [0.2, 0.25) is 0 Å². The maximum Gasteiger partial charge on any atom is 0.122 e. The van der Waals surface area contributed by atoms with Crippen molar-refractivity contribution in [3.8, 4) is 5.75 Å². The Hall–Kier alpha value is -1.43. The largest absolute Gasteiger partial charge is 0.496 e. The molecule has 1 aromatic carbocycles. The van der Waals surface area contributed by atoms with Gasteiger partial charge in [-0.3, -0.25) is 11.3 Å². The van der Waals surface area contributed by atoms with Crippen LogP contribution in [0.1, 0.15) is 32.7 Å². The smallest absolute Gasteiger partial charge is 0.122 e. The summed E-state index contributed by atoms with van der Waals surface area (Å²) >= 11 is 1.69. The molecular weight excluding hydrogens is 270 g/mol. The first-order valence-corrected chi connectivity index (χ1v) is 7.40. The van der Waals surface area contributed by atoms with E-state index in [0.717, 1.165) is 28.4 Å². The Morgan fingerprint density at radius 3 is 2.65 bits per heavy atom. The van der Waals surface area contributed by atoms with Crippen LogP contribution < -0.4 is 16.0 Å². The predicted molar refractivity (Wildman–Crippen MR) is 83.1 cm³/mol. The van der Waals surface area contributed by atoms with Gasteiger partial charge in [0, 0.05) is 4.88 Å². The van der Waals surface area contributed by atoms with E-state index in [1.165, 1.54) is 10.4 Å². The summed E-state index contributed by atoms with van der Waals surface area (Å²) in [6.45, 7) is 6.12. The molecule has 0 saturated heterocycles. The van der Waals surface area contributed by atoms with E-state index in [9.17, 15) is 0 Å². The van der Waals surface area contributed by atoms with Gasteiger partial charge in [-0.2, -0.15) is 0 Å². The summed E-state index contributed by atoms with van der Waals surface area (Å²) in [4.78, 5) is 5.66. The van der Waals surface area contributed by atoms with Crippen LogP contribution >= 0.6 is 11.3 Å². The molecule has 5 heteroatoms. The molecule has 1 aromatic heterocycles. The molecule has 2 rings (SSSR count). The highest BCUT2D eigenvalue weighted by molar-refractivity contribution is 7.11. The summed E-state index contributed by atoms with van der Waals surface area (Å²) < 4.78 is 5.44. The van der Waals surface area contributed by atoms with E-state index in [0.29, 0.717) is 0 Å². The topological polar surface area (TPSA) is 60.2 Å². The Morgan fingerprint density at radius 1 is 1.35 bits per heavy atom. The maximum absolute atomic E-state index is 5.75. The molecule has 3 N–H and O–H groups in total. The van der Waals surface area contributed by atoms with E-state index < -0.39 is 0 Å². The first kappa shape index (κ1) is 15.0. The highest BCUT2D eigenvalue weighted by atomic mass is 32.1. The lowest BCUT2D eigenvalue weighted by molar-refractivity contribution is 0.405. The highest BCUT2D eigenvalue weighted by Gasteiger charge is 2.18. The molecule has 2 aromatic rings. The van der Waals surface area contributed by atoms with Gasteiger partial charge in [-0.05, 0) is 38.8 Å². The van der Waals surface area contributed by atoms with Crippen LogP contribution in [0.3, 0.4) is 0 Å². The van der Waals surface area contributed by atoms with Crippen LogP contribution in [0.2, 0.25) is 0 Å². The molecule has 0 radical (unpaired) electrons. The number of aromatic nitrogens is 1. The molecule has 1 atom stereocenters. The van der Waals surface area contributed by atoms with Crippen LogP contribution in [0.5, 0.6) is 5.75 Å². The number of hydrogen-bond acceptors (Lipinski definition) is 5. The lowest BCUT2D eigenvalue weighted by atomic mass is 10.0. The van der Waals surface area contributed by atoms with Gasteiger partial charge in [0.15, 0.2) is 0 Å². The summed E-state index contributed by atoms with van der Waals surface area (Å²) in [5, 5.41) is 1.06. The fraction of sp³-hybridized carbons (Fsp3) is 0.400. The Balaban J connectivity index is 2.31. The van der Waals surface area contributed by atoms with Crippen molar-refractivity contribution in [2.45, 2.75) is 33.2 Å².